The van der Waals surface area contributed by atoms with Crippen LogP contribution in [0.5, 0.6) is 11.5 Å². The van der Waals surface area contributed by atoms with Crippen LogP contribution in [0.1, 0.15) is 31.4 Å². The van der Waals surface area contributed by atoms with E-state index < -0.39 is 0 Å². The Morgan fingerprint density at radius 2 is 1.87 bits per heavy atom. The highest BCUT2D eigenvalue weighted by Crippen LogP contribution is 2.31. The summed E-state index contributed by atoms with van der Waals surface area (Å²) in [6.07, 6.45) is 1.56. The highest BCUT2D eigenvalue weighted by atomic mass is 16.5. The summed E-state index contributed by atoms with van der Waals surface area (Å²) in [5, 5.41) is 3.39. The number of aliphatic imine (C=N–C) groups is 1. The van der Waals surface area contributed by atoms with E-state index in [1.165, 1.54) is 7.11 Å². The molecular weight excluding hydrogens is 384 g/mol. The monoisotopic (exact) mass is 420 g/mol. The molecule has 0 saturated carbocycles. The second-order valence-electron chi connectivity index (χ2n) is 7.57. The summed E-state index contributed by atoms with van der Waals surface area (Å²) in [6, 6.07) is 6.08. The fourth-order valence-electron chi connectivity index (χ4n) is 3.72. The number of hydrogen-bond acceptors (Lipinski definition) is 6. The van der Waals surface area contributed by atoms with Crippen molar-refractivity contribution < 1.29 is 19.0 Å². The van der Waals surface area contributed by atoms with Crippen molar-refractivity contribution in [2.75, 3.05) is 61.6 Å². The molecule has 1 fully saturated rings. The maximum atomic E-state index is 11.8. The van der Waals surface area contributed by atoms with Gasteiger partial charge in [0.15, 0.2) is 17.5 Å². The number of carbonyl (C=O) groups excluding carboxylic acids is 1. The van der Waals surface area contributed by atoms with Crippen molar-refractivity contribution in [1.82, 2.24) is 15.1 Å². The minimum absolute atomic E-state index is 0.0181. The molecule has 0 aromatic heterocycles. The maximum Gasteiger partial charge on any atom is 0.308 e. The standard InChI is InChI=1S/C22H36N4O4/c1-7-23-22(26-12-10-16(11-13-26)21(27)30-6)24-15-18(25(2)3)17-8-9-19(28-4)20(14-17)29-5/h8-9,14,16,18H,7,10-13,15H2,1-6H3,(H,23,24). The molecule has 8 heteroatoms. The third-order valence-electron chi connectivity index (χ3n) is 5.49. The van der Waals surface area contributed by atoms with Crippen molar-refractivity contribution in [3.63, 3.8) is 0 Å². The number of likely N-dealkylation sites (tertiary alicyclic amines) is 1. The molecule has 0 radical (unpaired) electrons. The zero-order chi connectivity index (χ0) is 22.1. The molecule has 0 amide bonds. The normalized spacial score (nSPS) is 16.4. The second kappa shape index (κ2) is 11.6. The van der Waals surface area contributed by atoms with E-state index in [0.717, 1.165) is 44.0 Å². The van der Waals surface area contributed by atoms with E-state index in [1.807, 2.05) is 26.2 Å². The fraction of sp³-hybridized carbons (Fsp3) is 0.636. The smallest absolute Gasteiger partial charge is 0.308 e. The van der Waals surface area contributed by atoms with Crippen molar-refractivity contribution in [2.45, 2.75) is 25.8 Å². The Kier molecular flexibility index (Phi) is 9.23. The summed E-state index contributed by atoms with van der Waals surface area (Å²) in [7, 11) is 8.83. The molecule has 30 heavy (non-hydrogen) atoms. The molecule has 1 unspecified atom stereocenters. The summed E-state index contributed by atoms with van der Waals surface area (Å²) in [6.45, 7) is 5.03. The minimum atomic E-state index is -0.113. The summed E-state index contributed by atoms with van der Waals surface area (Å²) in [5.41, 5.74) is 1.11. The number of ether oxygens (including phenoxy) is 3. The molecule has 1 atom stereocenters. The summed E-state index contributed by atoms with van der Waals surface area (Å²) >= 11 is 0. The number of likely N-dealkylation sites (N-methyl/N-ethyl adjacent to an activating group) is 1. The SMILES string of the molecule is CCNC(=NCC(c1ccc(OC)c(OC)c1)N(C)C)N1CCC(C(=O)OC)CC1. The van der Waals surface area contributed by atoms with Gasteiger partial charge in [-0.3, -0.25) is 9.79 Å². The number of rotatable bonds is 8. The van der Waals surface area contributed by atoms with Gasteiger partial charge in [-0.15, -0.1) is 0 Å². The van der Waals surface area contributed by atoms with Crippen molar-refractivity contribution in [2.24, 2.45) is 10.9 Å². The van der Waals surface area contributed by atoms with Crippen LogP contribution in [0.4, 0.5) is 0 Å². The van der Waals surface area contributed by atoms with Gasteiger partial charge in [0, 0.05) is 19.6 Å². The first kappa shape index (κ1) is 23.8. The highest BCUT2D eigenvalue weighted by molar-refractivity contribution is 5.80. The topological polar surface area (TPSA) is 75.6 Å². The predicted octanol–water partition coefficient (Wildman–Crippen LogP) is 2.16. The number of benzene rings is 1. The van der Waals surface area contributed by atoms with Crippen LogP contribution >= 0.6 is 0 Å². The number of guanidine groups is 1. The zero-order valence-corrected chi connectivity index (χ0v) is 19.1. The average molecular weight is 421 g/mol. The van der Waals surface area contributed by atoms with Crippen molar-refractivity contribution in [3.05, 3.63) is 23.8 Å². The Morgan fingerprint density at radius 1 is 1.20 bits per heavy atom. The van der Waals surface area contributed by atoms with E-state index in [1.54, 1.807) is 14.2 Å². The first-order chi connectivity index (χ1) is 14.4. The van der Waals surface area contributed by atoms with Crippen LogP contribution in [0.3, 0.4) is 0 Å². The Hall–Kier alpha value is -2.48. The molecule has 2 rings (SSSR count). The first-order valence-electron chi connectivity index (χ1n) is 10.4. The molecule has 1 aromatic carbocycles. The summed E-state index contributed by atoms with van der Waals surface area (Å²) < 4.78 is 15.7. The van der Waals surface area contributed by atoms with Crippen LogP contribution in [0.2, 0.25) is 0 Å². The van der Waals surface area contributed by atoms with Crippen LogP contribution < -0.4 is 14.8 Å². The average Bonchev–Trinajstić information content (AvgIpc) is 2.77. The molecule has 0 spiro atoms. The van der Waals surface area contributed by atoms with Crippen LogP contribution in [-0.2, 0) is 9.53 Å². The lowest BCUT2D eigenvalue weighted by Crippen LogP contribution is -2.47. The maximum absolute atomic E-state index is 11.8. The third-order valence-corrected chi connectivity index (χ3v) is 5.49. The number of methoxy groups -OCH3 is 3. The number of nitrogens with zero attached hydrogens (tertiary/aromatic N) is 3. The van der Waals surface area contributed by atoms with E-state index in [0.29, 0.717) is 18.0 Å². The molecule has 1 saturated heterocycles. The molecule has 1 heterocycles. The predicted molar refractivity (Wildman–Crippen MR) is 118 cm³/mol. The number of carbonyl (C=O) groups is 1. The van der Waals surface area contributed by atoms with Gasteiger partial charge in [0.05, 0.1) is 39.8 Å². The molecular formula is C22H36N4O4. The molecule has 0 bridgehead atoms. The molecule has 1 aromatic rings. The lowest BCUT2D eigenvalue weighted by molar-refractivity contribution is -0.146. The Labute approximate surface area is 180 Å². The molecule has 1 N–H and O–H groups in total. The summed E-state index contributed by atoms with van der Waals surface area (Å²) in [4.78, 5) is 21.1. The number of nitrogens with one attached hydrogen (secondary N) is 1. The lowest BCUT2D eigenvalue weighted by atomic mass is 9.97. The van der Waals surface area contributed by atoms with Crippen molar-refractivity contribution >= 4 is 11.9 Å². The van der Waals surface area contributed by atoms with Gasteiger partial charge in [0.25, 0.3) is 0 Å². The largest absolute Gasteiger partial charge is 0.493 e. The van der Waals surface area contributed by atoms with E-state index in [2.05, 4.69) is 28.1 Å². The van der Waals surface area contributed by atoms with Crippen LogP contribution in [0.15, 0.2) is 23.2 Å². The first-order valence-corrected chi connectivity index (χ1v) is 10.4. The number of esters is 1. The number of piperidine rings is 1. The van der Waals surface area contributed by atoms with E-state index in [-0.39, 0.29) is 17.9 Å². The van der Waals surface area contributed by atoms with Crippen LogP contribution in [0, 0.1) is 5.92 Å². The minimum Gasteiger partial charge on any atom is -0.493 e. The van der Waals surface area contributed by atoms with Gasteiger partial charge in [-0.05, 0) is 51.6 Å². The van der Waals surface area contributed by atoms with Gasteiger partial charge in [0.1, 0.15) is 0 Å². The van der Waals surface area contributed by atoms with Gasteiger partial charge in [-0.1, -0.05) is 6.07 Å². The van der Waals surface area contributed by atoms with E-state index in [4.69, 9.17) is 19.2 Å². The Balaban J connectivity index is 2.15. The van der Waals surface area contributed by atoms with Crippen molar-refractivity contribution in [1.29, 1.82) is 0 Å². The van der Waals surface area contributed by atoms with Crippen LogP contribution in [0.25, 0.3) is 0 Å². The van der Waals surface area contributed by atoms with E-state index in [9.17, 15) is 4.79 Å². The summed E-state index contributed by atoms with van der Waals surface area (Å²) in [5.74, 6) is 2.17. The Morgan fingerprint density at radius 3 is 2.40 bits per heavy atom. The number of hydrogen-bond donors (Lipinski definition) is 1. The fourth-order valence-corrected chi connectivity index (χ4v) is 3.72. The molecule has 0 aliphatic carbocycles. The van der Waals surface area contributed by atoms with Crippen molar-refractivity contribution in [3.8, 4) is 11.5 Å². The van der Waals surface area contributed by atoms with Gasteiger partial charge >= 0.3 is 5.97 Å². The molecule has 168 valence electrons. The van der Waals surface area contributed by atoms with Gasteiger partial charge in [-0.25, -0.2) is 0 Å². The quantitative estimate of drug-likeness (QED) is 0.392. The van der Waals surface area contributed by atoms with Gasteiger partial charge in [-0.2, -0.15) is 0 Å². The second-order valence-corrected chi connectivity index (χ2v) is 7.57. The van der Waals surface area contributed by atoms with E-state index >= 15 is 0 Å². The molecule has 1 aliphatic rings. The Bertz CT molecular complexity index is 715. The molecule has 1 aliphatic heterocycles. The lowest BCUT2D eigenvalue weighted by Gasteiger charge is -2.33. The van der Waals surface area contributed by atoms with Gasteiger partial charge < -0.3 is 29.3 Å². The molecule has 8 nitrogen and oxygen atoms in total. The van der Waals surface area contributed by atoms with Crippen LogP contribution in [-0.4, -0.2) is 83.3 Å². The van der Waals surface area contributed by atoms with Gasteiger partial charge in [0.2, 0.25) is 0 Å². The highest BCUT2D eigenvalue weighted by Gasteiger charge is 2.27. The third kappa shape index (κ3) is 6.01. The zero-order valence-electron chi connectivity index (χ0n) is 19.1.